The maximum Gasteiger partial charge on any atom is 0.362 e. The Labute approximate surface area is 198 Å². The minimum Gasteiger partial charge on any atom is -0.373 e. The first-order valence-corrected chi connectivity index (χ1v) is 14.5. The van der Waals surface area contributed by atoms with E-state index in [0.717, 1.165) is 32.1 Å². The molecule has 0 aromatic rings. The molecule has 0 aromatic heterocycles. The molecule has 0 rings (SSSR count). The van der Waals surface area contributed by atoms with E-state index in [2.05, 4.69) is 31.2 Å². The Morgan fingerprint density at radius 1 is 0.688 bits per heavy atom. The zero-order chi connectivity index (χ0) is 24.3. The van der Waals surface area contributed by atoms with Crippen LogP contribution in [0.3, 0.4) is 0 Å². The Morgan fingerprint density at radius 2 is 1.06 bits per heavy atom. The highest BCUT2D eigenvalue weighted by Crippen LogP contribution is 2.52. The van der Waals surface area contributed by atoms with Crippen LogP contribution >= 0.6 is 7.60 Å². The van der Waals surface area contributed by atoms with E-state index in [1.54, 1.807) is 0 Å². The van der Waals surface area contributed by atoms with Crippen LogP contribution in [-0.4, -0.2) is 52.4 Å². The van der Waals surface area contributed by atoms with Gasteiger partial charge in [-0.05, 0) is 64.2 Å². The van der Waals surface area contributed by atoms with E-state index >= 15 is 0 Å². The molecule has 3 N–H and O–H groups in total. The average molecular weight is 475 g/mol. The molecular weight excluding hydrogens is 421 g/mol. The van der Waals surface area contributed by atoms with E-state index in [1.807, 2.05) is 21.1 Å². The van der Waals surface area contributed by atoms with E-state index in [0.29, 0.717) is 10.9 Å². The summed E-state index contributed by atoms with van der Waals surface area (Å²) in [4.78, 5) is 19.2. The van der Waals surface area contributed by atoms with Crippen LogP contribution in [0.25, 0.3) is 0 Å². The topological polar surface area (TPSA) is 77.8 Å². The first kappa shape index (κ1) is 31.6. The summed E-state index contributed by atoms with van der Waals surface area (Å²) in [5, 5.41) is 8.61. The number of hydrogen-bond donors (Lipinski definition) is 3. The van der Waals surface area contributed by atoms with Gasteiger partial charge in [0.25, 0.3) is 0 Å². The van der Waals surface area contributed by atoms with Gasteiger partial charge in [-0.15, -0.1) is 0 Å². The Bertz CT molecular complexity index is 551. The Morgan fingerprint density at radius 3 is 1.44 bits per heavy atom. The van der Waals surface area contributed by atoms with Crippen molar-refractivity contribution in [3.05, 3.63) is 24.3 Å². The lowest BCUT2D eigenvalue weighted by Crippen LogP contribution is -2.49. The zero-order valence-corrected chi connectivity index (χ0v) is 22.4. The van der Waals surface area contributed by atoms with Crippen molar-refractivity contribution in [1.82, 2.24) is 0 Å². The molecule has 0 aliphatic carbocycles. The largest absolute Gasteiger partial charge is 0.373 e. The third kappa shape index (κ3) is 18.0. The van der Waals surface area contributed by atoms with Crippen molar-refractivity contribution in [2.45, 2.75) is 115 Å². The number of hydrogen-bond acceptors (Lipinski definition) is 2. The molecule has 32 heavy (non-hydrogen) atoms. The highest BCUT2D eigenvalue weighted by atomic mass is 31.2. The summed E-state index contributed by atoms with van der Waals surface area (Å²) in [6, 6.07) is 0. The maximum absolute atomic E-state index is 11.8. The molecule has 6 heteroatoms. The summed E-state index contributed by atoms with van der Waals surface area (Å²) in [5.41, 5.74) is 0. The Kier molecular flexibility index (Phi) is 17.7. The third-order valence-corrected chi connectivity index (χ3v) is 7.22. The molecule has 0 aliphatic rings. The summed E-state index contributed by atoms with van der Waals surface area (Å²) < 4.78 is 12.1. The summed E-state index contributed by atoms with van der Waals surface area (Å²) in [7, 11) is 0.947. The first-order valence-electron chi connectivity index (χ1n) is 12.9. The molecule has 0 spiro atoms. The van der Waals surface area contributed by atoms with Gasteiger partial charge < -0.3 is 19.4 Å². The molecule has 0 radical (unpaired) electrons. The molecule has 0 aliphatic heterocycles. The molecule has 0 saturated heterocycles. The molecule has 190 valence electrons. The summed E-state index contributed by atoms with van der Waals surface area (Å²) in [6.07, 6.45) is 26.9. The predicted octanol–water partition coefficient (Wildman–Crippen LogP) is 6.93. The standard InChI is InChI=1S/C26H52NO4P/c1-5-6-7-8-9-10-11-12-13-14-15-16-17-18-19-20-21-22-23-24-26(28,32(29,30)31)25-27(2,3)4/h11-12,17-18,28H,5-10,13-16,19-25H2,1-4H3,(H-,29,30,31)/p+1/b12-11-,18-17-. The monoisotopic (exact) mass is 474 g/mol. The molecule has 0 heterocycles. The fourth-order valence-corrected chi connectivity index (χ4v) is 5.02. The molecule has 1 atom stereocenters. The van der Waals surface area contributed by atoms with Gasteiger partial charge in [0.15, 0.2) is 0 Å². The van der Waals surface area contributed by atoms with Crippen molar-refractivity contribution in [3.8, 4) is 0 Å². The highest BCUT2D eigenvalue weighted by molar-refractivity contribution is 7.53. The van der Waals surface area contributed by atoms with E-state index < -0.39 is 12.9 Å². The maximum atomic E-state index is 11.8. The number of nitrogens with zero attached hydrogens (tertiary/aromatic N) is 1. The number of aliphatic hydroxyl groups is 1. The van der Waals surface area contributed by atoms with E-state index in [9.17, 15) is 19.5 Å². The number of allylic oxidation sites excluding steroid dienone is 4. The lowest BCUT2D eigenvalue weighted by atomic mass is 10.1. The van der Waals surface area contributed by atoms with E-state index in [1.165, 1.54) is 57.8 Å². The van der Waals surface area contributed by atoms with Gasteiger partial charge in [-0.25, -0.2) is 0 Å². The van der Waals surface area contributed by atoms with Crippen LogP contribution in [0.1, 0.15) is 110 Å². The Balaban J connectivity index is 3.69. The number of rotatable bonds is 21. The van der Waals surface area contributed by atoms with E-state index in [-0.39, 0.29) is 13.0 Å². The van der Waals surface area contributed by atoms with Crippen molar-refractivity contribution >= 4 is 7.60 Å². The fraction of sp³-hybridized carbons (Fsp3) is 0.846. The van der Waals surface area contributed by atoms with Gasteiger partial charge in [-0.2, -0.15) is 0 Å². The lowest BCUT2D eigenvalue weighted by molar-refractivity contribution is -0.875. The quantitative estimate of drug-likeness (QED) is 0.0729. The van der Waals surface area contributed by atoms with Crippen LogP contribution in [0, 0.1) is 0 Å². The van der Waals surface area contributed by atoms with E-state index in [4.69, 9.17) is 0 Å². The molecule has 5 nitrogen and oxygen atoms in total. The predicted molar refractivity (Wildman–Crippen MR) is 138 cm³/mol. The zero-order valence-electron chi connectivity index (χ0n) is 21.5. The normalized spacial score (nSPS) is 15.1. The van der Waals surface area contributed by atoms with Gasteiger partial charge in [0, 0.05) is 0 Å². The van der Waals surface area contributed by atoms with Gasteiger partial charge in [-0.3, -0.25) is 4.57 Å². The number of likely N-dealkylation sites (N-methyl/N-ethyl adjacent to an activating group) is 1. The molecule has 0 saturated carbocycles. The Hall–Kier alpha value is -0.450. The van der Waals surface area contributed by atoms with Crippen LogP contribution in [0.2, 0.25) is 0 Å². The molecule has 0 amide bonds. The molecule has 0 aromatic carbocycles. The van der Waals surface area contributed by atoms with Crippen molar-refractivity contribution in [2.75, 3.05) is 27.7 Å². The lowest BCUT2D eigenvalue weighted by Gasteiger charge is -2.35. The van der Waals surface area contributed by atoms with Gasteiger partial charge in [0.05, 0.1) is 21.1 Å². The SMILES string of the molecule is CCCCCCC/C=C\CCCC/C=C\CCCCCCC(O)(C[N+](C)(C)C)P(=O)(O)O. The molecule has 1 unspecified atom stereocenters. The summed E-state index contributed by atoms with van der Waals surface area (Å²) in [6.45, 7) is 2.31. The third-order valence-electron chi connectivity index (χ3n) is 5.77. The van der Waals surface area contributed by atoms with Gasteiger partial charge in [-0.1, -0.05) is 69.8 Å². The smallest absolute Gasteiger partial charge is 0.362 e. The van der Waals surface area contributed by atoms with Crippen LogP contribution in [0.15, 0.2) is 24.3 Å². The minimum absolute atomic E-state index is 0.0505. The van der Waals surface area contributed by atoms with Crippen LogP contribution in [-0.2, 0) is 4.57 Å². The van der Waals surface area contributed by atoms with Crippen molar-refractivity contribution in [1.29, 1.82) is 0 Å². The van der Waals surface area contributed by atoms with Crippen LogP contribution < -0.4 is 0 Å². The molecule has 0 bridgehead atoms. The minimum atomic E-state index is -4.55. The van der Waals surface area contributed by atoms with Crippen LogP contribution in [0.4, 0.5) is 0 Å². The van der Waals surface area contributed by atoms with Gasteiger partial charge >= 0.3 is 7.60 Å². The molecular formula is C26H53NO4P+. The van der Waals surface area contributed by atoms with Gasteiger partial charge in [0.2, 0.25) is 5.34 Å². The average Bonchev–Trinajstić information content (AvgIpc) is 2.67. The van der Waals surface area contributed by atoms with Crippen LogP contribution in [0.5, 0.6) is 0 Å². The van der Waals surface area contributed by atoms with Crippen molar-refractivity contribution in [2.24, 2.45) is 0 Å². The van der Waals surface area contributed by atoms with Crippen molar-refractivity contribution < 1.29 is 23.9 Å². The second kappa shape index (κ2) is 18.0. The molecule has 0 fully saturated rings. The fourth-order valence-electron chi connectivity index (χ4n) is 3.96. The number of unbranched alkanes of at least 4 members (excludes halogenated alkanes) is 12. The number of quaternary nitrogens is 1. The second-order valence-corrected chi connectivity index (χ2v) is 12.3. The van der Waals surface area contributed by atoms with Crippen molar-refractivity contribution in [3.63, 3.8) is 0 Å². The summed E-state index contributed by atoms with van der Waals surface area (Å²) >= 11 is 0. The highest BCUT2D eigenvalue weighted by Gasteiger charge is 2.48. The second-order valence-electron chi connectivity index (χ2n) is 10.4. The first-order chi connectivity index (χ1) is 15.0. The van der Waals surface area contributed by atoms with Gasteiger partial charge in [0.1, 0.15) is 6.54 Å². The summed E-state index contributed by atoms with van der Waals surface area (Å²) in [5.74, 6) is 0.